The summed E-state index contributed by atoms with van der Waals surface area (Å²) in [6, 6.07) is 10.4. The second-order valence-corrected chi connectivity index (χ2v) is 6.97. The fraction of sp³-hybridized carbons (Fsp3) is 0. The predicted octanol–water partition coefficient (Wildman–Crippen LogP) is 2.92. The summed E-state index contributed by atoms with van der Waals surface area (Å²) in [6.45, 7) is 0. The van der Waals surface area contributed by atoms with E-state index in [1.807, 2.05) is 0 Å². The average molecular weight is 494 g/mol. The van der Waals surface area contributed by atoms with Crippen molar-refractivity contribution in [2.24, 2.45) is 0 Å². The number of benzene rings is 3. The highest BCUT2D eigenvalue weighted by Gasteiger charge is 2.25. The SMILES string of the molecule is O=C(O)c1ccc(C(=O)O)c(OC(=O)c2ccccc2C(=O)Oc2cc(C(=O)O)ccc2C(=O)O)c1. The molecule has 0 aliphatic heterocycles. The van der Waals surface area contributed by atoms with Gasteiger partial charge >= 0.3 is 35.8 Å². The Morgan fingerprint density at radius 2 is 0.833 bits per heavy atom. The molecule has 0 unspecified atom stereocenters. The van der Waals surface area contributed by atoms with Crippen molar-refractivity contribution in [3.8, 4) is 11.5 Å². The van der Waals surface area contributed by atoms with Crippen LogP contribution in [0.3, 0.4) is 0 Å². The molecule has 0 aliphatic rings. The van der Waals surface area contributed by atoms with E-state index < -0.39 is 69.6 Å². The minimum Gasteiger partial charge on any atom is -0.478 e. The van der Waals surface area contributed by atoms with Crippen LogP contribution in [0.2, 0.25) is 0 Å². The third kappa shape index (κ3) is 5.34. The van der Waals surface area contributed by atoms with Crippen LogP contribution in [0.4, 0.5) is 0 Å². The monoisotopic (exact) mass is 494 g/mol. The minimum atomic E-state index is -1.51. The topological polar surface area (TPSA) is 202 Å². The van der Waals surface area contributed by atoms with E-state index in [1.54, 1.807) is 0 Å². The zero-order valence-electron chi connectivity index (χ0n) is 17.8. The Morgan fingerprint density at radius 1 is 0.472 bits per heavy atom. The lowest BCUT2D eigenvalue weighted by atomic mass is 10.1. The first-order chi connectivity index (χ1) is 17.0. The zero-order valence-corrected chi connectivity index (χ0v) is 17.8. The molecule has 182 valence electrons. The zero-order chi connectivity index (χ0) is 26.6. The van der Waals surface area contributed by atoms with Crippen LogP contribution in [0.5, 0.6) is 11.5 Å². The summed E-state index contributed by atoms with van der Waals surface area (Å²) in [6.07, 6.45) is 0. The second kappa shape index (κ2) is 10.2. The normalized spacial score (nSPS) is 10.2. The molecule has 0 heterocycles. The van der Waals surface area contributed by atoms with Crippen LogP contribution in [0.15, 0.2) is 60.7 Å². The highest BCUT2D eigenvalue weighted by molar-refractivity contribution is 6.06. The summed E-state index contributed by atoms with van der Waals surface area (Å²) in [5, 5.41) is 36.9. The Morgan fingerprint density at radius 3 is 1.14 bits per heavy atom. The molecule has 0 fully saturated rings. The van der Waals surface area contributed by atoms with Crippen LogP contribution in [0.1, 0.15) is 62.1 Å². The van der Waals surface area contributed by atoms with Crippen LogP contribution < -0.4 is 9.47 Å². The third-order valence-corrected chi connectivity index (χ3v) is 4.69. The Bertz CT molecular complexity index is 1330. The van der Waals surface area contributed by atoms with Gasteiger partial charge in [-0.1, -0.05) is 12.1 Å². The molecule has 12 heteroatoms. The van der Waals surface area contributed by atoms with Gasteiger partial charge in [0.25, 0.3) is 0 Å². The van der Waals surface area contributed by atoms with E-state index in [1.165, 1.54) is 12.1 Å². The number of carbonyl (C=O) groups is 6. The lowest BCUT2D eigenvalue weighted by molar-refractivity contribution is 0.0647. The molecule has 0 spiro atoms. The Balaban J connectivity index is 1.98. The highest BCUT2D eigenvalue weighted by atomic mass is 16.5. The molecule has 3 aromatic carbocycles. The molecule has 0 amide bonds. The van der Waals surface area contributed by atoms with Crippen LogP contribution >= 0.6 is 0 Å². The standard InChI is InChI=1S/C24H14O12/c25-19(26)11-5-7-15(21(29)30)17(9-11)35-23(33)13-3-1-2-4-14(13)24(34)36-18-10-12(20(27)28)6-8-16(18)22(31)32/h1-10H,(H,25,26)(H,27,28)(H,29,30)(H,31,32). The van der Waals surface area contributed by atoms with Crippen molar-refractivity contribution < 1.29 is 58.7 Å². The first-order valence-corrected chi connectivity index (χ1v) is 9.74. The molecule has 3 rings (SSSR count). The smallest absolute Gasteiger partial charge is 0.344 e. The van der Waals surface area contributed by atoms with Crippen LogP contribution in [0.25, 0.3) is 0 Å². The van der Waals surface area contributed by atoms with Gasteiger partial charge in [-0.15, -0.1) is 0 Å². The molecule has 3 aromatic rings. The summed E-state index contributed by atoms with van der Waals surface area (Å²) in [4.78, 5) is 71.0. The average Bonchev–Trinajstić information content (AvgIpc) is 2.83. The number of esters is 2. The van der Waals surface area contributed by atoms with E-state index in [4.69, 9.17) is 19.7 Å². The molecule has 4 N–H and O–H groups in total. The van der Waals surface area contributed by atoms with E-state index in [0.717, 1.165) is 48.5 Å². The van der Waals surface area contributed by atoms with Gasteiger partial charge < -0.3 is 29.9 Å². The maximum absolute atomic E-state index is 12.8. The maximum Gasteiger partial charge on any atom is 0.344 e. The first kappa shape index (κ1) is 25.1. The fourth-order valence-corrected chi connectivity index (χ4v) is 2.98. The number of rotatable bonds is 8. The van der Waals surface area contributed by atoms with Crippen molar-refractivity contribution in [1.82, 2.24) is 0 Å². The third-order valence-electron chi connectivity index (χ3n) is 4.69. The number of aromatic carboxylic acids is 4. The number of carbonyl (C=O) groups excluding carboxylic acids is 2. The maximum atomic E-state index is 12.8. The Hall–Kier alpha value is -5.52. The quantitative estimate of drug-likeness (QED) is 0.264. The molecule has 0 aliphatic carbocycles. The minimum absolute atomic E-state index is 0.366. The molecule has 0 bridgehead atoms. The van der Waals surface area contributed by atoms with Gasteiger partial charge in [-0.3, -0.25) is 0 Å². The summed E-state index contributed by atoms with van der Waals surface area (Å²) in [5.41, 5.74) is -2.63. The number of ether oxygens (including phenoxy) is 2. The molecule has 0 aromatic heterocycles. The van der Waals surface area contributed by atoms with Gasteiger partial charge in [0.1, 0.15) is 22.6 Å². The van der Waals surface area contributed by atoms with Crippen molar-refractivity contribution in [2.45, 2.75) is 0 Å². The number of hydrogen-bond acceptors (Lipinski definition) is 8. The number of carboxylic acid groups (broad SMARTS) is 4. The van der Waals surface area contributed by atoms with Crippen molar-refractivity contribution in [3.05, 3.63) is 94.0 Å². The molecule has 36 heavy (non-hydrogen) atoms. The van der Waals surface area contributed by atoms with Crippen LogP contribution in [0, 0.1) is 0 Å². The first-order valence-electron chi connectivity index (χ1n) is 9.74. The van der Waals surface area contributed by atoms with E-state index in [-0.39, 0.29) is 11.1 Å². The van der Waals surface area contributed by atoms with E-state index in [2.05, 4.69) is 0 Å². The van der Waals surface area contributed by atoms with Gasteiger partial charge in [-0.2, -0.15) is 0 Å². The van der Waals surface area contributed by atoms with E-state index >= 15 is 0 Å². The van der Waals surface area contributed by atoms with Gasteiger partial charge in [-0.05, 0) is 48.5 Å². The molecule has 0 saturated heterocycles. The largest absolute Gasteiger partial charge is 0.478 e. The van der Waals surface area contributed by atoms with Gasteiger partial charge in [-0.25, -0.2) is 28.8 Å². The van der Waals surface area contributed by atoms with Crippen molar-refractivity contribution >= 4 is 35.8 Å². The Kier molecular flexibility index (Phi) is 7.10. The van der Waals surface area contributed by atoms with E-state index in [9.17, 15) is 39.0 Å². The summed E-state index contributed by atoms with van der Waals surface area (Å²) in [7, 11) is 0. The van der Waals surface area contributed by atoms with Crippen LogP contribution in [-0.2, 0) is 0 Å². The van der Waals surface area contributed by atoms with Crippen LogP contribution in [-0.4, -0.2) is 56.2 Å². The molecule has 0 radical (unpaired) electrons. The lowest BCUT2D eigenvalue weighted by Gasteiger charge is -2.12. The molecular weight excluding hydrogens is 480 g/mol. The fourth-order valence-electron chi connectivity index (χ4n) is 2.98. The summed E-state index contributed by atoms with van der Waals surface area (Å²) in [5.74, 6) is -9.53. The second-order valence-electron chi connectivity index (χ2n) is 6.97. The predicted molar refractivity (Wildman–Crippen MR) is 117 cm³/mol. The molecule has 0 atom stereocenters. The molecule has 0 saturated carbocycles. The van der Waals surface area contributed by atoms with Gasteiger partial charge in [0, 0.05) is 0 Å². The summed E-state index contributed by atoms with van der Waals surface area (Å²) >= 11 is 0. The van der Waals surface area contributed by atoms with Gasteiger partial charge in [0.05, 0.1) is 22.3 Å². The van der Waals surface area contributed by atoms with Gasteiger partial charge in [0.15, 0.2) is 0 Å². The molecule has 12 nitrogen and oxygen atoms in total. The van der Waals surface area contributed by atoms with Crippen molar-refractivity contribution in [3.63, 3.8) is 0 Å². The lowest BCUT2D eigenvalue weighted by Crippen LogP contribution is -2.19. The summed E-state index contributed by atoms with van der Waals surface area (Å²) < 4.78 is 10.1. The van der Waals surface area contributed by atoms with Crippen molar-refractivity contribution in [2.75, 3.05) is 0 Å². The highest BCUT2D eigenvalue weighted by Crippen LogP contribution is 2.25. The van der Waals surface area contributed by atoms with Crippen molar-refractivity contribution in [1.29, 1.82) is 0 Å². The number of hydrogen-bond donors (Lipinski definition) is 4. The van der Waals surface area contributed by atoms with Gasteiger partial charge in [0.2, 0.25) is 0 Å². The Labute approximate surface area is 200 Å². The van der Waals surface area contributed by atoms with E-state index in [0.29, 0.717) is 0 Å². The molecular formula is C24H14O12. The number of carboxylic acids is 4.